The fraction of sp³-hybridized carbons (Fsp3) is 0.750. The van der Waals surface area contributed by atoms with E-state index in [-0.39, 0.29) is 0 Å². The molecule has 1 saturated carbocycles. The zero-order valence-corrected chi connectivity index (χ0v) is 7.54. The lowest BCUT2D eigenvalue weighted by Crippen LogP contribution is -2.16. The first kappa shape index (κ1) is 7.73. The molecule has 2 rings (SSSR count). The Balaban J connectivity index is 1.93. The maximum absolute atomic E-state index is 4.30. The molecular weight excluding hydrogens is 152 g/mol. The van der Waals surface area contributed by atoms with E-state index in [2.05, 4.69) is 15.4 Å². The van der Waals surface area contributed by atoms with Gasteiger partial charge in [-0.3, -0.25) is 4.68 Å². The number of nitrogens with zero attached hydrogens (tertiary/aromatic N) is 3. The van der Waals surface area contributed by atoms with Crippen molar-refractivity contribution in [3.8, 4) is 0 Å². The van der Waals surface area contributed by atoms with Crippen LogP contribution in [0.2, 0.25) is 0 Å². The number of aromatic nitrogens is 3. The van der Waals surface area contributed by atoms with Crippen molar-refractivity contribution in [2.75, 3.05) is 0 Å². The Morgan fingerprint density at radius 2 is 2.33 bits per heavy atom. The van der Waals surface area contributed by atoms with E-state index in [0.29, 0.717) is 0 Å². The highest BCUT2D eigenvalue weighted by atomic mass is 15.3. The molecule has 0 amide bonds. The smallest absolute Gasteiger partial charge is 0.164 e. The first-order valence-corrected chi connectivity index (χ1v) is 4.35. The van der Waals surface area contributed by atoms with Gasteiger partial charge in [0.1, 0.15) is 5.82 Å². The molecule has 0 atom stereocenters. The van der Waals surface area contributed by atoms with Crippen LogP contribution < -0.4 is 5.32 Å². The zero-order valence-electron chi connectivity index (χ0n) is 7.54. The highest BCUT2D eigenvalue weighted by molar-refractivity contribution is 4.91. The molecule has 1 N–H and O–H groups in total. The van der Waals surface area contributed by atoms with Crippen molar-refractivity contribution in [1.82, 2.24) is 20.1 Å². The molecule has 1 heterocycles. The van der Waals surface area contributed by atoms with E-state index in [1.54, 1.807) is 0 Å². The van der Waals surface area contributed by atoms with E-state index in [4.69, 9.17) is 0 Å². The lowest BCUT2D eigenvalue weighted by molar-refractivity contribution is 0.644. The molecule has 0 radical (unpaired) electrons. The van der Waals surface area contributed by atoms with Crippen molar-refractivity contribution in [1.29, 1.82) is 0 Å². The summed E-state index contributed by atoms with van der Waals surface area (Å²) in [7, 11) is 1.92. The van der Waals surface area contributed by atoms with Gasteiger partial charge < -0.3 is 5.32 Å². The van der Waals surface area contributed by atoms with E-state index in [9.17, 15) is 0 Å². The average molecular weight is 166 g/mol. The van der Waals surface area contributed by atoms with Crippen LogP contribution in [0.15, 0.2) is 0 Å². The van der Waals surface area contributed by atoms with Crippen molar-refractivity contribution < 1.29 is 0 Å². The summed E-state index contributed by atoms with van der Waals surface area (Å²) >= 11 is 0. The Bertz CT molecular complexity index is 255. The van der Waals surface area contributed by atoms with Gasteiger partial charge in [-0.05, 0) is 19.8 Å². The van der Waals surface area contributed by atoms with Crippen LogP contribution in [0.4, 0.5) is 0 Å². The largest absolute Gasteiger partial charge is 0.307 e. The molecule has 0 aromatic carbocycles. The van der Waals surface area contributed by atoms with Gasteiger partial charge in [-0.2, -0.15) is 5.10 Å². The third kappa shape index (κ3) is 1.64. The van der Waals surface area contributed by atoms with E-state index in [1.807, 2.05) is 18.7 Å². The molecule has 0 bridgehead atoms. The fourth-order valence-electron chi connectivity index (χ4n) is 1.12. The average Bonchev–Trinajstić information content (AvgIpc) is 2.78. The van der Waals surface area contributed by atoms with E-state index < -0.39 is 0 Å². The van der Waals surface area contributed by atoms with E-state index in [0.717, 1.165) is 24.2 Å². The quantitative estimate of drug-likeness (QED) is 0.705. The second-order valence-electron chi connectivity index (χ2n) is 3.35. The lowest BCUT2D eigenvalue weighted by atomic mass is 10.5. The topological polar surface area (TPSA) is 42.7 Å². The van der Waals surface area contributed by atoms with Crippen LogP contribution in [0.25, 0.3) is 0 Å². The molecule has 0 saturated heterocycles. The zero-order chi connectivity index (χ0) is 8.55. The Morgan fingerprint density at radius 1 is 1.58 bits per heavy atom. The Hall–Kier alpha value is -0.900. The standard InChI is InChI=1S/C8H14N4/c1-6-10-8(11-12(6)2)5-9-7-3-4-7/h7,9H,3-5H2,1-2H3. The van der Waals surface area contributed by atoms with Gasteiger partial charge in [0.15, 0.2) is 5.82 Å². The van der Waals surface area contributed by atoms with Crippen molar-refractivity contribution in [2.45, 2.75) is 32.4 Å². The van der Waals surface area contributed by atoms with Gasteiger partial charge >= 0.3 is 0 Å². The number of hydrogen-bond acceptors (Lipinski definition) is 3. The van der Waals surface area contributed by atoms with E-state index >= 15 is 0 Å². The maximum atomic E-state index is 4.30. The molecule has 12 heavy (non-hydrogen) atoms. The molecule has 1 aromatic rings. The molecule has 0 spiro atoms. The Labute approximate surface area is 72.0 Å². The third-order valence-electron chi connectivity index (χ3n) is 2.15. The molecule has 4 heteroatoms. The molecule has 1 aliphatic carbocycles. The second-order valence-corrected chi connectivity index (χ2v) is 3.35. The van der Waals surface area contributed by atoms with Crippen LogP contribution in [0.5, 0.6) is 0 Å². The normalized spacial score (nSPS) is 16.8. The molecular formula is C8H14N4. The summed E-state index contributed by atoms with van der Waals surface area (Å²) in [6, 6.07) is 0.731. The van der Waals surface area contributed by atoms with Crippen molar-refractivity contribution in [3.63, 3.8) is 0 Å². The maximum Gasteiger partial charge on any atom is 0.164 e. The summed E-state index contributed by atoms with van der Waals surface area (Å²) in [6.07, 6.45) is 2.62. The monoisotopic (exact) mass is 166 g/mol. The number of nitrogens with one attached hydrogen (secondary N) is 1. The van der Waals surface area contributed by atoms with Crippen LogP contribution in [-0.2, 0) is 13.6 Å². The number of aryl methyl sites for hydroxylation is 2. The van der Waals surface area contributed by atoms with Crippen LogP contribution in [0, 0.1) is 6.92 Å². The van der Waals surface area contributed by atoms with Crippen molar-refractivity contribution in [2.24, 2.45) is 7.05 Å². The molecule has 0 unspecified atom stereocenters. The summed E-state index contributed by atoms with van der Waals surface area (Å²) in [4.78, 5) is 4.30. The molecule has 66 valence electrons. The first-order chi connectivity index (χ1) is 5.75. The third-order valence-corrected chi connectivity index (χ3v) is 2.15. The SMILES string of the molecule is Cc1nc(CNC2CC2)nn1C. The molecule has 4 nitrogen and oxygen atoms in total. The minimum Gasteiger partial charge on any atom is -0.307 e. The summed E-state index contributed by atoms with van der Waals surface area (Å²) in [5.74, 6) is 1.88. The highest BCUT2D eigenvalue weighted by Crippen LogP contribution is 2.18. The summed E-state index contributed by atoms with van der Waals surface area (Å²) in [5.41, 5.74) is 0. The second kappa shape index (κ2) is 2.86. The minimum absolute atomic E-state index is 0.731. The summed E-state index contributed by atoms with van der Waals surface area (Å²) < 4.78 is 1.81. The van der Waals surface area contributed by atoms with Gasteiger partial charge in [0.25, 0.3) is 0 Å². The number of rotatable bonds is 3. The minimum atomic E-state index is 0.731. The Kier molecular flexibility index (Phi) is 1.84. The lowest BCUT2D eigenvalue weighted by Gasteiger charge is -1.95. The van der Waals surface area contributed by atoms with Crippen LogP contribution in [-0.4, -0.2) is 20.8 Å². The van der Waals surface area contributed by atoms with Crippen molar-refractivity contribution in [3.05, 3.63) is 11.6 Å². The number of hydrogen-bond donors (Lipinski definition) is 1. The van der Waals surface area contributed by atoms with Gasteiger partial charge in [-0.15, -0.1) is 0 Å². The first-order valence-electron chi connectivity index (χ1n) is 4.35. The van der Waals surface area contributed by atoms with Gasteiger partial charge in [0, 0.05) is 13.1 Å². The molecule has 1 aromatic heterocycles. The fourth-order valence-corrected chi connectivity index (χ4v) is 1.12. The highest BCUT2D eigenvalue weighted by Gasteiger charge is 2.20. The van der Waals surface area contributed by atoms with Gasteiger partial charge in [-0.1, -0.05) is 0 Å². The molecule has 0 aliphatic heterocycles. The van der Waals surface area contributed by atoms with E-state index in [1.165, 1.54) is 12.8 Å². The van der Waals surface area contributed by atoms with Crippen LogP contribution in [0.1, 0.15) is 24.5 Å². The summed E-state index contributed by atoms with van der Waals surface area (Å²) in [6.45, 7) is 2.78. The summed E-state index contributed by atoms with van der Waals surface area (Å²) in [5, 5.41) is 7.63. The molecule has 1 fully saturated rings. The van der Waals surface area contributed by atoms with Gasteiger partial charge in [0.2, 0.25) is 0 Å². The Morgan fingerprint density at radius 3 is 2.83 bits per heavy atom. The van der Waals surface area contributed by atoms with Crippen molar-refractivity contribution >= 4 is 0 Å². The van der Waals surface area contributed by atoms with Crippen LogP contribution in [0.3, 0.4) is 0 Å². The predicted octanol–water partition coefficient (Wildman–Crippen LogP) is 0.376. The van der Waals surface area contributed by atoms with Crippen LogP contribution >= 0.6 is 0 Å². The predicted molar refractivity (Wildman–Crippen MR) is 45.6 cm³/mol. The van der Waals surface area contributed by atoms with Gasteiger partial charge in [0.05, 0.1) is 6.54 Å². The molecule has 1 aliphatic rings. The van der Waals surface area contributed by atoms with Gasteiger partial charge in [-0.25, -0.2) is 4.98 Å².